The summed E-state index contributed by atoms with van der Waals surface area (Å²) in [5, 5.41) is 17.8. The molecule has 0 aliphatic heterocycles. The third-order valence-electron chi connectivity index (χ3n) is 2.90. The van der Waals surface area contributed by atoms with Gasteiger partial charge in [-0.15, -0.1) is 10.2 Å². The van der Waals surface area contributed by atoms with Crippen LogP contribution in [0.15, 0.2) is 5.16 Å². The lowest BCUT2D eigenvalue weighted by atomic mass is 10.3. The molecule has 1 saturated carbocycles. The van der Waals surface area contributed by atoms with E-state index in [0.717, 1.165) is 18.7 Å². The number of carbonyl (C=O) groups is 1. The van der Waals surface area contributed by atoms with Gasteiger partial charge in [-0.2, -0.15) is 0 Å². The van der Waals surface area contributed by atoms with Crippen LogP contribution in [0, 0.1) is 0 Å². The second-order valence-electron chi connectivity index (χ2n) is 4.67. The highest BCUT2D eigenvalue weighted by molar-refractivity contribution is 7.99. The van der Waals surface area contributed by atoms with Gasteiger partial charge in [-0.05, 0) is 26.7 Å². The average Bonchev–Trinajstić information content (AvgIpc) is 3.11. The molecule has 1 fully saturated rings. The Morgan fingerprint density at radius 2 is 2.32 bits per heavy atom. The molecule has 1 aliphatic carbocycles. The maximum absolute atomic E-state index is 10.7. The molecule has 0 saturated heterocycles. The van der Waals surface area contributed by atoms with Gasteiger partial charge in [0.1, 0.15) is 5.82 Å². The number of aliphatic carboxylic acids is 1. The normalized spacial score (nSPS) is 16.5. The highest BCUT2D eigenvalue weighted by Crippen LogP contribution is 2.40. The molecular formula is C12H19N3O3S. The number of thioether (sulfide) groups is 1. The van der Waals surface area contributed by atoms with Crippen molar-refractivity contribution >= 4 is 17.7 Å². The first kappa shape index (κ1) is 14.3. The van der Waals surface area contributed by atoms with Gasteiger partial charge in [0.15, 0.2) is 5.16 Å². The van der Waals surface area contributed by atoms with Crippen LogP contribution in [-0.4, -0.2) is 44.3 Å². The van der Waals surface area contributed by atoms with E-state index in [9.17, 15) is 4.79 Å². The monoisotopic (exact) mass is 285 g/mol. The first-order valence-corrected chi connectivity index (χ1v) is 7.49. The van der Waals surface area contributed by atoms with Crippen LogP contribution in [0.5, 0.6) is 0 Å². The summed E-state index contributed by atoms with van der Waals surface area (Å²) >= 11 is 1.22. The van der Waals surface area contributed by atoms with Gasteiger partial charge in [0, 0.05) is 12.5 Å². The summed E-state index contributed by atoms with van der Waals surface area (Å²) in [4.78, 5) is 10.7. The predicted octanol–water partition coefficient (Wildman–Crippen LogP) is 1.76. The van der Waals surface area contributed by atoms with Crippen molar-refractivity contribution in [1.29, 1.82) is 0 Å². The van der Waals surface area contributed by atoms with Gasteiger partial charge in [0.2, 0.25) is 0 Å². The minimum atomic E-state index is -0.842. The molecule has 7 heteroatoms. The second-order valence-corrected chi connectivity index (χ2v) is 5.62. The molecule has 106 valence electrons. The van der Waals surface area contributed by atoms with Crippen molar-refractivity contribution < 1.29 is 14.6 Å². The number of carboxylic acids is 1. The van der Waals surface area contributed by atoms with Crippen LogP contribution in [0.25, 0.3) is 0 Å². The van der Waals surface area contributed by atoms with Crippen LogP contribution in [0.2, 0.25) is 0 Å². The number of nitrogens with zero attached hydrogens (tertiary/aromatic N) is 3. The molecule has 0 spiro atoms. The summed E-state index contributed by atoms with van der Waals surface area (Å²) in [7, 11) is 0. The van der Waals surface area contributed by atoms with Crippen LogP contribution in [0.3, 0.4) is 0 Å². The summed E-state index contributed by atoms with van der Waals surface area (Å²) in [5.41, 5.74) is 0. The first-order valence-electron chi connectivity index (χ1n) is 6.51. The summed E-state index contributed by atoms with van der Waals surface area (Å²) < 4.78 is 7.57. The Hall–Kier alpha value is -1.08. The number of hydrogen-bond acceptors (Lipinski definition) is 5. The third kappa shape index (κ3) is 3.94. The average molecular weight is 285 g/mol. The molecule has 1 N–H and O–H groups in total. The molecule has 1 unspecified atom stereocenters. The van der Waals surface area contributed by atoms with Crippen molar-refractivity contribution in [3.8, 4) is 0 Å². The molecule has 1 aliphatic rings. The lowest BCUT2D eigenvalue weighted by Gasteiger charge is -2.15. The van der Waals surface area contributed by atoms with E-state index < -0.39 is 5.97 Å². The molecule has 0 amide bonds. The minimum absolute atomic E-state index is 0.00577. The Labute approximate surface area is 116 Å². The lowest BCUT2D eigenvalue weighted by Crippen LogP contribution is -2.19. The van der Waals surface area contributed by atoms with E-state index >= 15 is 0 Å². The fourth-order valence-corrected chi connectivity index (χ4v) is 2.62. The first-order chi connectivity index (χ1) is 9.11. The highest BCUT2D eigenvalue weighted by atomic mass is 32.2. The fourth-order valence-electron chi connectivity index (χ4n) is 1.94. The molecule has 6 nitrogen and oxygen atoms in total. The molecule has 0 aromatic carbocycles. The molecule has 1 heterocycles. The summed E-state index contributed by atoms with van der Waals surface area (Å²) in [5.74, 6) is 0.622. The molecule has 0 radical (unpaired) electrons. The van der Waals surface area contributed by atoms with Crippen LogP contribution in [0.1, 0.15) is 38.4 Å². The number of rotatable bonds is 8. The Morgan fingerprint density at radius 1 is 1.58 bits per heavy atom. The Kier molecular flexibility index (Phi) is 4.81. The maximum atomic E-state index is 10.7. The van der Waals surface area contributed by atoms with E-state index in [4.69, 9.17) is 9.84 Å². The molecule has 0 bridgehead atoms. The van der Waals surface area contributed by atoms with Gasteiger partial charge < -0.3 is 14.4 Å². The molecule has 2 rings (SSSR count). The van der Waals surface area contributed by atoms with Crippen molar-refractivity contribution in [2.24, 2.45) is 0 Å². The predicted molar refractivity (Wildman–Crippen MR) is 71.4 cm³/mol. The zero-order chi connectivity index (χ0) is 13.8. The van der Waals surface area contributed by atoms with E-state index in [1.54, 1.807) is 0 Å². The van der Waals surface area contributed by atoms with Crippen molar-refractivity contribution in [2.75, 3.05) is 12.4 Å². The lowest BCUT2D eigenvalue weighted by molar-refractivity contribution is -0.133. The largest absolute Gasteiger partial charge is 0.481 e. The quantitative estimate of drug-likeness (QED) is 0.733. The van der Waals surface area contributed by atoms with Gasteiger partial charge in [0.25, 0.3) is 0 Å². The van der Waals surface area contributed by atoms with Gasteiger partial charge in [0.05, 0.1) is 18.4 Å². The molecule has 19 heavy (non-hydrogen) atoms. The van der Waals surface area contributed by atoms with Gasteiger partial charge >= 0.3 is 5.97 Å². The number of ether oxygens (including phenoxy) is 1. The van der Waals surface area contributed by atoms with Crippen molar-refractivity contribution in [3.63, 3.8) is 0 Å². The van der Waals surface area contributed by atoms with Crippen LogP contribution in [-0.2, 0) is 16.1 Å². The standard InChI is InChI=1S/C12H19N3O3S/c1-3-18-8(2)6-15-11(9-4-5-9)13-14-12(15)19-7-10(16)17/h8-9H,3-7H2,1-2H3,(H,16,17). The van der Waals surface area contributed by atoms with Gasteiger partial charge in [-0.1, -0.05) is 11.8 Å². The third-order valence-corrected chi connectivity index (χ3v) is 3.86. The molecular weight excluding hydrogens is 266 g/mol. The van der Waals surface area contributed by atoms with E-state index in [0.29, 0.717) is 24.2 Å². The topological polar surface area (TPSA) is 77.2 Å². The zero-order valence-electron chi connectivity index (χ0n) is 11.2. The smallest absolute Gasteiger partial charge is 0.313 e. The molecule has 1 aromatic rings. The van der Waals surface area contributed by atoms with Crippen LogP contribution >= 0.6 is 11.8 Å². The molecule has 1 atom stereocenters. The minimum Gasteiger partial charge on any atom is -0.481 e. The van der Waals surface area contributed by atoms with Crippen molar-refractivity contribution in [2.45, 2.75) is 50.4 Å². The van der Waals surface area contributed by atoms with E-state index in [1.807, 2.05) is 18.4 Å². The van der Waals surface area contributed by atoms with Crippen molar-refractivity contribution in [3.05, 3.63) is 5.82 Å². The zero-order valence-corrected chi connectivity index (χ0v) is 12.0. The fraction of sp³-hybridized carbons (Fsp3) is 0.750. The van der Waals surface area contributed by atoms with E-state index in [2.05, 4.69) is 10.2 Å². The Bertz CT molecular complexity index is 445. The van der Waals surface area contributed by atoms with E-state index in [-0.39, 0.29) is 11.9 Å². The summed E-state index contributed by atoms with van der Waals surface area (Å²) in [6.45, 7) is 5.31. The Morgan fingerprint density at radius 3 is 2.89 bits per heavy atom. The Balaban J connectivity index is 2.10. The van der Waals surface area contributed by atoms with Crippen LogP contribution in [0.4, 0.5) is 0 Å². The highest BCUT2D eigenvalue weighted by Gasteiger charge is 2.31. The second kappa shape index (κ2) is 6.38. The van der Waals surface area contributed by atoms with E-state index in [1.165, 1.54) is 11.8 Å². The summed E-state index contributed by atoms with van der Waals surface area (Å²) in [6.07, 6.45) is 2.36. The number of hydrogen-bond donors (Lipinski definition) is 1. The van der Waals surface area contributed by atoms with Gasteiger partial charge in [-0.25, -0.2) is 0 Å². The number of aromatic nitrogens is 3. The maximum Gasteiger partial charge on any atom is 0.313 e. The molecule has 1 aromatic heterocycles. The SMILES string of the molecule is CCOC(C)Cn1c(SCC(=O)O)nnc1C1CC1. The summed E-state index contributed by atoms with van der Waals surface area (Å²) in [6, 6.07) is 0. The van der Waals surface area contributed by atoms with Crippen LogP contribution < -0.4 is 0 Å². The number of carboxylic acid groups (broad SMARTS) is 1. The van der Waals surface area contributed by atoms with Crippen molar-refractivity contribution in [1.82, 2.24) is 14.8 Å². The van der Waals surface area contributed by atoms with Gasteiger partial charge in [-0.3, -0.25) is 4.79 Å².